The molecule has 0 spiro atoms. The van der Waals surface area contributed by atoms with Crippen LogP contribution in [0, 0.1) is 5.82 Å². The maximum Gasteiger partial charge on any atom is 0.385 e. The summed E-state index contributed by atoms with van der Waals surface area (Å²) in [7, 11) is 1.74. The molecule has 0 amide bonds. The Labute approximate surface area is 103 Å². The Kier molecular flexibility index (Phi) is 3.47. The first kappa shape index (κ1) is 12.0. The van der Waals surface area contributed by atoms with Crippen LogP contribution in [0.3, 0.4) is 0 Å². The van der Waals surface area contributed by atoms with Gasteiger partial charge in [0.1, 0.15) is 5.82 Å². The molecule has 0 bridgehead atoms. The summed E-state index contributed by atoms with van der Waals surface area (Å²) >= 11 is 0. The molecule has 1 aromatic carbocycles. The van der Waals surface area contributed by atoms with Gasteiger partial charge >= 0.3 is 5.97 Å². The number of nitrogens with zero attached hydrogens (tertiary/aromatic N) is 3. The van der Waals surface area contributed by atoms with Gasteiger partial charge in [-0.05, 0) is 17.7 Å². The van der Waals surface area contributed by atoms with Crippen LogP contribution >= 0.6 is 0 Å². The summed E-state index contributed by atoms with van der Waals surface area (Å²) in [6.07, 6.45) is 4.25. The number of hydrogen-bond acceptors (Lipinski definition) is 4. The summed E-state index contributed by atoms with van der Waals surface area (Å²) in [5.74, 6) is -1.04. The smallest absolute Gasteiger partial charge is 0.340 e. The molecule has 2 rings (SSSR count). The zero-order valence-electron chi connectivity index (χ0n) is 9.58. The van der Waals surface area contributed by atoms with Crippen molar-refractivity contribution < 1.29 is 14.0 Å². The van der Waals surface area contributed by atoms with E-state index in [1.54, 1.807) is 17.7 Å². The molecule has 0 atom stereocenters. The zero-order valence-corrected chi connectivity index (χ0v) is 9.58. The predicted molar refractivity (Wildman–Crippen MR) is 62.6 cm³/mol. The van der Waals surface area contributed by atoms with Gasteiger partial charge in [-0.3, -0.25) is 0 Å². The number of hydrogen-bond donors (Lipinski definition) is 0. The first-order valence-corrected chi connectivity index (χ1v) is 5.13. The normalized spacial score (nSPS) is 10.8. The fraction of sp³-hybridized carbons (Fsp3) is 0.0833. The van der Waals surface area contributed by atoms with Gasteiger partial charge in [0.25, 0.3) is 0 Å². The molecule has 0 saturated heterocycles. The lowest BCUT2D eigenvalue weighted by Gasteiger charge is -1.94. The summed E-state index contributed by atoms with van der Waals surface area (Å²) < 4.78 is 14.5. The van der Waals surface area contributed by atoms with Crippen molar-refractivity contribution in [2.75, 3.05) is 0 Å². The van der Waals surface area contributed by atoms with Crippen LogP contribution in [-0.2, 0) is 11.9 Å². The van der Waals surface area contributed by atoms with Crippen LogP contribution in [0.2, 0.25) is 0 Å². The van der Waals surface area contributed by atoms with E-state index in [0.717, 1.165) is 0 Å². The molecular weight excluding hydrogens is 237 g/mol. The van der Waals surface area contributed by atoms with Crippen LogP contribution in [0.4, 0.5) is 4.39 Å². The molecule has 0 saturated carbocycles. The number of rotatable bonds is 3. The molecule has 0 fully saturated rings. The minimum Gasteiger partial charge on any atom is -0.340 e. The third-order valence-corrected chi connectivity index (χ3v) is 2.10. The van der Waals surface area contributed by atoms with Gasteiger partial charge in [-0.15, -0.1) is 0 Å². The Morgan fingerprint density at radius 1 is 1.56 bits per heavy atom. The lowest BCUT2D eigenvalue weighted by atomic mass is 10.2. The lowest BCUT2D eigenvalue weighted by molar-refractivity contribution is 0.0513. The van der Waals surface area contributed by atoms with Crippen molar-refractivity contribution in [1.29, 1.82) is 0 Å². The second-order valence-electron chi connectivity index (χ2n) is 3.59. The minimum absolute atomic E-state index is 0.161. The molecule has 92 valence electrons. The molecule has 5 nitrogen and oxygen atoms in total. The molecule has 0 aliphatic heterocycles. The maximum absolute atomic E-state index is 12.8. The topological polar surface area (TPSA) is 56.5 Å². The first-order valence-electron chi connectivity index (χ1n) is 5.13. The lowest BCUT2D eigenvalue weighted by Crippen LogP contribution is -2.01. The van der Waals surface area contributed by atoms with Crippen molar-refractivity contribution in [3.05, 3.63) is 53.9 Å². The number of aromatic nitrogens is 2. The SMILES string of the molecule is Cn1cnc(C(=O)ON=Cc2cccc(F)c2)c1. The predicted octanol–water partition coefficient (Wildman–Crippen LogP) is 1.75. The van der Waals surface area contributed by atoms with Gasteiger partial charge in [0.15, 0.2) is 5.69 Å². The number of imidazole rings is 1. The second kappa shape index (κ2) is 5.22. The molecule has 0 aliphatic rings. The van der Waals surface area contributed by atoms with Gasteiger partial charge in [0, 0.05) is 13.2 Å². The highest BCUT2D eigenvalue weighted by Gasteiger charge is 2.09. The summed E-state index contributed by atoms with van der Waals surface area (Å²) in [6.45, 7) is 0. The largest absolute Gasteiger partial charge is 0.385 e. The Balaban J connectivity index is 1.97. The third-order valence-electron chi connectivity index (χ3n) is 2.10. The molecule has 6 heteroatoms. The second-order valence-corrected chi connectivity index (χ2v) is 3.59. The van der Waals surface area contributed by atoms with E-state index < -0.39 is 5.97 Å². The monoisotopic (exact) mass is 247 g/mol. The summed E-state index contributed by atoms with van der Waals surface area (Å²) in [5.41, 5.74) is 0.665. The average molecular weight is 247 g/mol. The third kappa shape index (κ3) is 3.00. The van der Waals surface area contributed by atoms with Gasteiger partial charge in [0.2, 0.25) is 0 Å². The van der Waals surface area contributed by atoms with E-state index >= 15 is 0 Å². The number of oxime groups is 1. The Hall–Kier alpha value is -2.50. The van der Waals surface area contributed by atoms with Gasteiger partial charge in [0.05, 0.1) is 12.5 Å². The van der Waals surface area contributed by atoms with E-state index in [9.17, 15) is 9.18 Å². The van der Waals surface area contributed by atoms with E-state index in [-0.39, 0.29) is 11.5 Å². The van der Waals surface area contributed by atoms with Crippen LogP contribution in [0.25, 0.3) is 0 Å². The number of carbonyl (C=O) groups excluding carboxylic acids is 1. The van der Waals surface area contributed by atoms with E-state index in [4.69, 9.17) is 0 Å². The summed E-state index contributed by atoms with van der Waals surface area (Å²) in [6, 6.07) is 5.77. The number of aryl methyl sites for hydroxylation is 1. The number of carbonyl (C=O) groups is 1. The van der Waals surface area contributed by atoms with E-state index in [2.05, 4.69) is 15.0 Å². The summed E-state index contributed by atoms with van der Waals surface area (Å²) in [4.78, 5) is 19.9. The molecule has 1 aromatic heterocycles. The van der Waals surface area contributed by atoms with Gasteiger partial charge in [-0.25, -0.2) is 14.2 Å². The Bertz CT molecular complexity index is 593. The average Bonchev–Trinajstić information content (AvgIpc) is 2.76. The fourth-order valence-corrected chi connectivity index (χ4v) is 1.29. The highest BCUT2D eigenvalue weighted by atomic mass is 19.1. The Morgan fingerprint density at radius 2 is 2.39 bits per heavy atom. The van der Waals surface area contributed by atoms with Gasteiger partial charge < -0.3 is 9.40 Å². The van der Waals surface area contributed by atoms with Crippen molar-refractivity contribution in [3.8, 4) is 0 Å². The maximum atomic E-state index is 12.8. The van der Waals surface area contributed by atoms with E-state index in [1.165, 1.54) is 36.9 Å². The van der Waals surface area contributed by atoms with Crippen LogP contribution in [0.5, 0.6) is 0 Å². The number of benzene rings is 1. The number of halogens is 1. The van der Waals surface area contributed by atoms with Crippen molar-refractivity contribution >= 4 is 12.2 Å². The summed E-state index contributed by atoms with van der Waals surface area (Å²) in [5, 5.41) is 3.48. The van der Waals surface area contributed by atoms with Gasteiger partial charge in [-0.1, -0.05) is 17.3 Å². The van der Waals surface area contributed by atoms with Crippen molar-refractivity contribution in [1.82, 2.24) is 9.55 Å². The van der Waals surface area contributed by atoms with Crippen molar-refractivity contribution in [2.45, 2.75) is 0 Å². The molecule has 0 aliphatic carbocycles. The van der Waals surface area contributed by atoms with Crippen LogP contribution < -0.4 is 0 Å². The fourth-order valence-electron chi connectivity index (χ4n) is 1.29. The molecule has 18 heavy (non-hydrogen) atoms. The van der Waals surface area contributed by atoms with Gasteiger partial charge in [-0.2, -0.15) is 0 Å². The van der Waals surface area contributed by atoms with E-state index in [0.29, 0.717) is 5.56 Å². The minimum atomic E-state index is -0.664. The van der Waals surface area contributed by atoms with E-state index in [1.807, 2.05) is 0 Å². The molecule has 0 radical (unpaired) electrons. The highest BCUT2D eigenvalue weighted by Crippen LogP contribution is 2.02. The molecule has 0 unspecified atom stereocenters. The van der Waals surface area contributed by atoms with Crippen LogP contribution in [0.1, 0.15) is 16.1 Å². The quantitative estimate of drug-likeness (QED) is 0.471. The molecule has 2 aromatic rings. The Morgan fingerprint density at radius 3 is 3.06 bits per heavy atom. The highest BCUT2D eigenvalue weighted by molar-refractivity contribution is 5.87. The molecule has 0 N–H and O–H groups in total. The van der Waals surface area contributed by atoms with Crippen molar-refractivity contribution in [2.24, 2.45) is 12.2 Å². The first-order chi connectivity index (χ1) is 8.65. The molecule has 1 heterocycles. The van der Waals surface area contributed by atoms with Crippen molar-refractivity contribution in [3.63, 3.8) is 0 Å². The van der Waals surface area contributed by atoms with Crippen LogP contribution in [0.15, 0.2) is 41.9 Å². The zero-order chi connectivity index (χ0) is 13.0. The van der Waals surface area contributed by atoms with Crippen LogP contribution in [-0.4, -0.2) is 21.7 Å². The standard InChI is InChI=1S/C12H10FN3O2/c1-16-7-11(14-8-16)12(17)18-15-6-9-3-2-4-10(13)5-9/h2-8H,1H3. The molecular formula is C12H10FN3O2.